The van der Waals surface area contributed by atoms with Gasteiger partial charge in [-0.1, -0.05) is 13.8 Å². The normalized spacial score (nSPS) is 10.5. The molecule has 0 radical (unpaired) electrons. The molecule has 1 heterocycles. The van der Waals surface area contributed by atoms with Crippen molar-refractivity contribution in [1.82, 2.24) is 15.2 Å². The molecule has 0 atom stereocenters. The number of aryl methyl sites for hydroxylation is 2. The van der Waals surface area contributed by atoms with E-state index in [4.69, 9.17) is 0 Å². The summed E-state index contributed by atoms with van der Waals surface area (Å²) in [6.07, 6.45) is 1.54. The average Bonchev–Trinajstić information content (AvgIpc) is 2.49. The van der Waals surface area contributed by atoms with E-state index in [0.29, 0.717) is 5.56 Å². The standard InChI is InChI=1S/C14H14BrIN4O/c1-3-11-12(4-2)19-20-14(17-11)18-13(21)9-7-8(16)5-6-10(9)15/h5-7H,3-4H2,1-2H3,(H,17,18,20,21). The van der Waals surface area contributed by atoms with Gasteiger partial charge in [-0.15, -0.1) is 10.2 Å². The predicted molar refractivity (Wildman–Crippen MR) is 93.4 cm³/mol. The molecule has 5 nitrogen and oxygen atoms in total. The molecule has 0 fully saturated rings. The Morgan fingerprint density at radius 2 is 1.95 bits per heavy atom. The van der Waals surface area contributed by atoms with Crippen molar-refractivity contribution >= 4 is 50.4 Å². The van der Waals surface area contributed by atoms with Crippen LogP contribution in [0.15, 0.2) is 22.7 Å². The van der Waals surface area contributed by atoms with Crippen LogP contribution in [0.4, 0.5) is 5.95 Å². The highest BCUT2D eigenvalue weighted by molar-refractivity contribution is 14.1. The Labute approximate surface area is 145 Å². The third kappa shape index (κ3) is 3.97. The summed E-state index contributed by atoms with van der Waals surface area (Å²) in [6.45, 7) is 4.01. The Hall–Kier alpha value is -1.09. The number of carbonyl (C=O) groups is 1. The van der Waals surface area contributed by atoms with Crippen LogP contribution in [0.2, 0.25) is 0 Å². The molecule has 2 rings (SSSR count). The zero-order valence-corrected chi connectivity index (χ0v) is 15.4. The molecular formula is C14H14BrIN4O. The van der Waals surface area contributed by atoms with Gasteiger partial charge in [0.2, 0.25) is 5.95 Å². The molecule has 0 saturated carbocycles. The van der Waals surface area contributed by atoms with E-state index in [1.54, 1.807) is 6.07 Å². The fourth-order valence-corrected chi connectivity index (χ4v) is 2.75. The Kier molecular flexibility index (Phi) is 5.63. The monoisotopic (exact) mass is 460 g/mol. The Morgan fingerprint density at radius 3 is 2.62 bits per heavy atom. The number of benzene rings is 1. The predicted octanol–water partition coefficient (Wildman–Crippen LogP) is 3.62. The van der Waals surface area contributed by atoms with Crippen molar-refractivity contribution in [2.45, 2.75) is 26.7 Å². The molecule has 1 N–H and O–H groups in total. The average molecular weight is 461 g/mol. The summed E-state index contributed by atoms with van der Waals surface area (Å²) in [4.78, 5) is 16.6. The molecule has 21 heavy (non-hydrogen) atoms. The summed E-state index contributed by atoms with van der Waals surface area (Å²) in [5, 5.41) is 10.8. The van der Waals surface area contributed by atoms with Crippen molar-refractivity contribution in [2.24, 2.45) is 0 Å². The third-order valence-electron chi connectivity index (χ3n) is 2.91. The molecule has 0 saturated heterocycles. The molecular weight excluding hydrogens is 447 g/mol. The summed E-state index contributed by atoms with van der Waals surface area (Å²) in [6, 6.07) is 5.56. The Morgan fingerprint density at radius 1 is 1.24 bits per heavy atom. The van der Waals surface area contributed by atoms with Crippen LogP contribution >= 0.6 is 38.5 Å². The minimum atomic E-state index is -0.256. The number of hydrogen-bond donors (Lipinski definition) is 1. The van der Waals surface area contributed by atoms with Crippen molar-refractivity contribution in [3.63, 3.8) is 0 Å². The van der Waals surface area contributed by atoms with Gasteiger partial charge in [0.05, 0.1) is 17.0 Å². The number of carbonyl (C=O) groups excluding carboxylic acids is 1. The molecule has 1 amide bonds. The molecule has 1 aromatic carbocycles. The number of nitrogens with one attached hydrogen (secondary N) is 1. The number of amides is 1. The van der Waals surface area contributed by atoms with E-state index in [9.17, 15) is 4.79 Å². The van der Waals surface area contributed by atoms with Crippen LogP contribution in [-0.4, -0.2) is 21.1 Å². The van der Waals surface area contributed by atoms with Gasteiger partial charge in [-0.3, -0.25) is 10.1 Å². The van der Waals surface area contributed by atoms with Gasteiger partial charge in [0.25, 0.3) is 5.91 Å². The molecule has 0 unspecified atom stereocenters. The molecule has 1 aromatic heterocycles. The second kappa shape index (κ2) is 7.26. The van der Waals surface area contributed by atoms with Gasteiger partial charge in [-0.25, -0.2) is 4.98 Å². The topological polar surface area (TPSA) is 67.8 Å². The summed E-state index contributed by atoms with van der Waals surface area (Å²) in [5.41, 5.74) is 2.28. The van der Waals surface area contributed by atoms with Crippen molar-refractivity contribution in [3.05, 3.63) is 43.2 Å². The lowest BCUT2D eigenvalue weighted by molar-refractivity contribution is 0.102. The first-order valence-electron chi connectivity index (χ1n) is 6.54. The van der Waals surface area contributed by atoms with E-state index < -0.39 is 0 Å². The fraction of sp³-hybridized carbons (Fsp3) is 0.286. The van der Waals surface area contributed by atoms with Crippen LogP contribution in [0.3, 0.4) is 0 Å². The van der Waals surface area contributed by atoms with Gasteiger partial charge < -0.3 is 0 Å². The van der Waals surface area contributed by atoms with Gasteiger partial charge in [-0.2, -0.15) is 0 Å². The zero-order chi connectivity index (χ0) is 15.4. The third-order valence-corrected chi connectivity index (χ3v) is 4.27. The number of rotatable bonds is 4. The molecule has 0 aliphatic heterocycles. The first-order valence-corrected chi connectivity index (χ1v) is 8.41. The summed E-state index contributed by atoms with van der Waals surface area (Å²) >= 11 is 5.54. The Balaban J connectivity index is 2.25. The summed E-state index contributed by atoms with van der Waals surface area (Å²) in [7, 11) is 0. The second-order valence-electron chi connectivity index (χ2n) is 4.31. The van der Waals surface area contributed by atoms with Crippen molar-refractivity contribution in [1.29, 1.82) is 0 Å². The summed E-state index contributed by atoms with van der Waals surface area (Å²) in [5.74, 6) is -0.0201. The highest BCUT2D eigenvalue weighted by atomic mass is 127. The lowest BCUT2D eigenvalue weighted by atomic mass is 10.2. The number of anilines is 1. The van der Waals surface area contributed by atoms with Gasteiger partial charge in [-0.05, 0) is 69.6 Å². The number of halogens is 2. The maximum absolute atomic E-state index is 12.3. The molecule has 0 aliphatic carbocycles. The van der Waals surface area contributed by atoms with E-state index in [2.05, 4.69) is 59.0 Å². The molecule has 0 aliphatic rings. The molecule has 0 spiro atoms. The maximum atomic E-state index is 12.3. The SMILES string of the molecule is CCc1nnc(NC(=O)c2cc(I)ccc2Br)nc1CC. The lowest BCUT2D eigenvalue weighted by Gasteiger charge is -2.08. The molecule has 2 aromatic rings. The molecule has 7 heteroatoms. The van der Waals surface area contributed by atoms with Crippen LogP contribution < -0.4 is 5.32 Å². The smallest absolute Gasteiger partial charge is 0.259 e. The van der Waals surface area contributed by atoms with Crippen LogP contribution in [0.5, 0.6) is 0 Å². The van der Waals surface area contributed by atoms with Crippen LogP contribution in [-0.2, 0) is 12.8 Å². The summed E-state index contributed by atoms with van der Waals surface area (Å²) < 4.78 is 1.71. The first-order chi connectivity index (χ1) is 10.0. The van der Waals surface area contributed by atoms with Crippen LogP contribution in [0, 0.1) is 3.57 Å². The fourth-order valence-electron chi connectivity index (χ4n) is 1.83. The quantitative estimate of drug-likeness (QED) is 0.707. The molecule has 0 bridgehead atoms. The Bertz CT molecular complexity index is 678. The number of nitrogens with zero attached hydrogens (tertiary/aromatic N) is 3. The second-order valence-corrected chi connectivity index (χ2v) is 6.41. The number of hydrogen-bond acceptors (Lipinski definition) is 4. The lowest BCUT2D eigenvalue weighted by Crippen LogP contribution is -2.17. The molecule has 110 valence electrons. The van der Waals surface area contributed by atoms with E-state index in [1.807, 2.05) is 26.0 Å². The highest BCUT2D eigenvalue weighted by Crippen LogP contribution is 2.20. The minimum absolute atomic E-state index is 0.236. The van der Waals surface area contributed by atoms with Gasteiger partial charge in [0.15, 0.2) is 0 Å². The van der Waals surface area contributed by atoms with Crippen LogP contribution in [0.25, 0.3) is 0 Å². The van der Waals surface area contributed by atoms with Crippen molar-refractivity contribution in [2.75, 3.05) is 5.32 Å². The first kappa shape index (κ1) is 16.3. The van der Waals surface area contributed by atoms with Crippen molar-refractivity contribution < 1.29 is 4.79 Å². The van der Waals surface area contributed by atoms with Gasteiger partial charge in [0.1, 0.15) is 0 Å². The zero-order valence-electron chi connectivity index (χ0n) is 11.7. The van der Waals surface area contributed by atoms with Gasteiger partial charge >= 0.3 is 0 Å². The van der Waals surface area contributed by atoms with Crippen LogP contribution in [0.1, 0.15) is 35.6 Å². The highest BCUT2D eigenvalue weighted by Gasteiger charge is 2.13. The number of aromatic nitrogens is 3. The van der Waals surface area contributed by atoms with E-state index in [-0.39, 0.29) is 11.9 Å². The van der Waals surface area contributed by atoms with Crippen molar-refractivity contribution in [3.8, 4) is 0 Å². The maximum Gasteiger partial charge on any atom is 0.259 e. The largest absolute Gasteiger partial charge is 0.289 e. The van der Waals surface area contributed by atoms with E-state index in [1.165, 1.54) is 0 Å². The van der Waals surface area contributed by atoms with E-state index >= 15 is 0 Å². The minimum Gasteiger partial charge on any atom is -0.289 e. The van der Waals surface area contributed by atoms with E-state index in [0.717, 1.165) is 32.3 Å². The van der Waals surface area contributed by atoms with Gasteiger partial charge in [0, 0.05) is 8.04 Å².